The first-order valence-corrected chi connectivity index (χ1v) is 5.63. The fourth-order valence-electron chi connectivity index (χ4n) is 2.19. The molecule has 0 saturated heterocycles. The van der Waals surface area contributed by atoms with Gasteiger partial charge in [-0.2, -0.15) is 0 Å². The van der Waals surface area contributed by atoms with E-state index in [4.69, 9.17) is 21.1 Å². The van der Waals surface area contributed by atoms with Crippen molar-refractivity contribution < 1.29 is 14.6 Å². The van der Waals surface area contributed by atoms with Gasteiger partial charge in [0.2, 0.25) is 0 Å². The average molecular weight is 243 g/mol. The van der Waals surface area contributed by atoms with E-state index in [1.54, 1.807) is 19.2 Å². The van der Waals surface area contributed by atoms with Crippen molar-refractivity contribution in [1.29, 1.82) is 0 Å². The van der Waals surface area contributed by atoms with Crippen LogP contribution in [0.25, 0.3) is 0 Å². The largest absolute Gasteiger partial charge is 0.496 e. The van der Waals surface area contributed by atoms with Crippen molar-refractivity contribution in [2.45, 2.75) is 32.2 Å². The van der Waals surface area contributed by atoms with Crippen LogP contribution in [0.2, 0.25) is 5.02 Å². The molecule has 0 saturated carbocycles. The van der Waals surface area contributed by atoms with Crippen molar-refractivity contribution in [3.63, 3.8) is 0 Å². The molecule has 1 aliphatic heterocycles. The van der Waals surface area contributed by atoms with Gasteiger partial charge in [0, 0.05) is 16.1 Å². The van der Waals surface area contributed by atoms with Crippen LogP contribution in [-0.4, -0.2) is 18.3 Å². The van der Waals surface area contributed by atoms with Crippen LogP contribution >= 0.6 is 11.6 Å². The van der Waals surface area contributed by atoms with E-state index in [1.807, 2.05) is 13.8 Å². The number of aliphatic hydroxyl groups excluding tert-OH is 1. The highest BCUT2D eigenvalue weighted by Crippen LogP contribution is 2.44. The summed E-state index contributed by atoms with van der Waals surface area (Å²) in [5.74, 6) is 0.706. The van der Waals surface area contributed by atoms with Crippen molar-refractivity contribution in [1.82, 2.24) is 0 Å². The minimum absolute atomic E-state index is 0.123. The predicted octanol–water partition coefficient (Wildman–Crippen LogP) is 2.86. The van der Waals surface area contributed by atoms with Crippen LogP contribution < -0.4 is 4.74 Å². The lowest BCUT2D eigenvalue weighted by molar-refractivity contribution is -0.0815. The van der Waals surface area contributed by atoms with Gasteiger partial charge in [-0.25, -0.2) is 0 Å². The van der Waals surface area contributed by atoms with Gasteiger partial charge in [0.25, 0.3) is 0 Å². The van der Waals surface area contributed by atoms with Crippen LogP contribution in [0, 0.1) is 0 Å². The van der Waals surface area contributed by atoms with Crippen molar-refractivity contribution in [2.75, 3.05) is 7.11 Å². The molecule has 0 radical (unpaired) electrons. The minimum atomic E-state index is -0.700. The molecule has 0 bridgehead atoms. The first kappa shape index (κ1) is 11.7. The van der Waals surface area contributed by atoms with E-state index >= 15 is 0 Å². The normalized spacial score (nSPS) is 28.7. The van der Waals surface area contributed by atoms with E-state index < -0.39 is 6.10 Å². The second-order valence-electron chi connectivity index (χ2n) is 4.01. The lowest BCUT2D eigenvalue weighted by Crippen LogP contribution is -2.28. The van der Waals surface area contributed by atoms with Crippen LogP contribution in [0.4, 0.5) is 0 Å². The lowest BCUT2D eigenvalue weighted by Gasteiger charge is -2.34. The maximum Gasteiger partial charge on any atom is 0.125 e. The van der Waals surface area contributed by atoms with Crippen molar-refractivity contribution in [3.8, 4) is 5.75 Å². The average Bonchev–Trinajstić information content (AvgIpc) is 2.25. The zero-order valence-electron chi connectivity index (χ0n) is 9.53. The third-order valence-electron chi connectivity index (χ3n) is 2.98. The van der Waals surface area contributed by atoms with Gasteiger partial charge in [-0.15, -0.1) is 0 Å². The van der Waals surface area contributed by atoms with Crippen LogP contribution in [0.15, 0.2) is 12.1 Å². The second kappa shape index (κ2) is 4.24. The third-order valence-corrected chi connectivity index (χ3v) is 3.31. The molecule has 16 heavy (non-hydrogen) atoms. The molecular formula is C12H15ClO3. The van der Waals surface area contributed by atoms with Gasteiger partial charge in [0.05, 0.1) is 19.3 Å². The zero-order chi connectivity index (χ0) is 11.9. The Labute approximate surface area is 99.9 Å². The Morgan fingerprint density at radius 3 is 2.62 bits per heavy atom. The number of hydrogen-bond donors (Lipinski definition) is 1. The Morgan fingerprint density at radius 1 is 1.31 bits per heavy atom. The van der Waals surface area contributed by atoms with E-state index in [0.29, 0.717) is 10.8 Å². The number of halogens is 1. The Bertz CT molecular complexity index is 405. The van der Waals surface area contributed by atoms with Gasteiger partial charge in [0.15, 0.2) is 0 Å². The fourth-order valence-corrected chi connectivity index (χ4v) is 2.46. The van der Waals surface area contributed by atoms with Gasteiger partial charge >= 0.3 is 0 Å². The van der Waals surface area contributed by atoms with Gasteiger partial charge < -0.3 is 14.6 Å². The molecule has 0 aromatic heterocycles. The molecule has 0 fully saturated rings. The topological polar surface area (TPSA) is 38.7 Å². The number of ether oxygens (including phenoxy) is 2. The highest BCUT2D eigenvalue weighted by molar-refractivity contribution is 6.31. The molecule has 0 spiro atoms. The van der Waals surface area contributed by atoms with E-state index in [0.717, 1.165) is 11.1 Å². The summed E-state index contributed by atoms with van der Waals surface area (Å²) in [5, 5.41) is 10.6. The highest BCUT2D eigenvalue weighted by atomic mass is 35.5. The summed E-state index contributed by atoms with van der Waals surface area (Å²) in [6.07, 6.45) is -1.08. The van der Waals surface area contributed by atoms with Gasteiger partial charge in [0.1, 0.15) is 11.9 Å². The van der Waals surface area contributed by atoms with Gasteiger partial charge in [-0.05, 0) is 26.0 Å². The molecule has 3 nitrogen and oxygen atoms in total. The molecule has 1 N–H and O–H groups in total. The molecule has 4 heteroatoms. The summed E-state index contributed by atoms with van der Waals surface area (Å²) in [4.78, 5) is 0. The van der Waals surface area contributed by atoms with E-state index in [-0.39, 0.29) is 12.2 Å². The third kappa shape index (κ3) is 1.69. The first-order chi connectivity index (χ1) is 7.56. The van der Waals surface area contributed by atoms with Crippen LogP contribution in [0.1, 0.15) is 37.2 Å². The molecule has 1 aromatic rings. The summed E-state index contributed by atoms with van der Waals surface area (Å²) in [5.41, 5.74) is 1.58. The van der Waals surface area contributed by atoms with Crippen molar-refractivity contribution in [2.24, 2.45) is 0 Å². The van der Waals surface area contributed by atoms with Crippen molar-refractivity contribution in [3.05, 3.63) is 28.3 Å². The summed E-state index contributed by atoms with van der Waals surface area (Å²) < 4.78 is 10.9. The van der Waals surface area contributed by atoms with Crippen LogP contribution in [-0.2, 0) is 4.74 Å². The Hall–Kier alpha value is -0.770. The summed E-state index contributed by atoms with van der Waals surface area (Å²) in [6, 6.07) is 3.54. The molecule has 1 aliphatic rings. The Kier molecular flexibility index (Phi) is 3.10. The number of aliphatic hydroxyl groups is 1. The quantitative estimate of drug-likeness (QED) is 0.823. The summed E-state index contributed by atoms with van der Waals surface area (Å²) in [7, 11) is 1.60. The molecule has 0 unspecified atom stereocenters. The number of fused-ring (bicyclic) bond motifs is 1. The molecule has 2 rings (SSSR count). The lowest BCUT2D eigenvalue weighted by atomic mass is 9.92. The zero-order valence-corrected chi connectivity index (χ0v) is 10.3. The molecule has 88 valence electrons. The molecular weight excluding hydrogens is 228 g/mol. The van der Waals surface area contributed by atoms with E-state index in [1.165, 1.54) is 0 Å². The number of methoxy groups -OCH3 is 1. The van der Waals surface area contributed by atoms with E-state index in [2.05, 4.69) is 0 Å². The molecule has 0 aliphatic carbocycles. The number of hydrogen-bond acceptors (Lipinski definition) is 3. The maximum atomic E-state index is 10.1. The number of benzene rings is 1. The van der Waals surface area contributed by atoms with Gasteiger partial charge in [-0.1, -0.05) is 11.6 Å². The second-order valence-corrected chi connectivity index (χ2v) is 4.41. The predicted molar refractivity (Wildman–Crippen MR) is 61.9 cm³/mol. The number of rotatable bonds is 1. The maximum absolute atomic E-state index is 10.1. The smallest absolute Gasteiger partial charge is 0.125 e. The molecule has 0 amide bonds. The SMILES string of the molecule is COc1ccc(Cl)c2c1[C@H](C)O[C@H](C)[C@@H]2O. The molecule has 3 atom stereocenters. The first-order valence-electron chi connectivity index (χ1n) is 5.26. The molecule has 1 aromatic carbocycles. The Morgan fingerprint density at radius 2 is 2.00 bits per heavy atom. The van der Waals surface area contributed by atoms with Crippen molar-refractivity contribution >= 4 is 11.6 Å². The van der Waals surface area contributed by atoms with Crippen LogP contribution in [0.5, 0.6) is 5.75 Å². The van der Waals surface area contributed by atoms with E-state index in [9.17, 15) is 5.11 Å². The Balaban J connectivity index is 2.63. The fraction of sp³-hybridized carbons (Fsp3) is 0.500. The minimum Gasteiger partial charge on any atom is -0.496 e. The van der Waals surface area contributed by atoms with Gasteiger partial charge in [-0.3, -0.25) is 0 Å². The monoisotopic (exact) mass is 242 g/mol. The standard InChI is InChI=1S/C12H15ClO3/c1-6-10-9(15-3)5-4-8(13)11(10)12(14)7(2)16-6/h4-7,12,14H,1-3H3/t6-,7+,12-/m0/s1. The molecule has 1 heterocycles. The summed E-state index contributed by atoms with van der Waals surface area (Å²) >= 11 is 6.13. The highest BCUT2D eigenvalue weighted by Gasteiger charge is 2.33. The summed E-state index contributed by atoms with van der Waals surface area (Å²) in [6.45, 7) is 3.76. The van der Waals surface area contributed by atoms with Crippen LogP contribution in [0.3, 0.4) is 0 Å².